The van der Waals surface area contributed by atoms with Gasteiger partial charge in [-0.1, -0.05) is 12.2 Å². The van der Waals surface area contributed by atoms with Crippen LogP contribution in [0, 0.1) is 0 Å². The number of aliphatic hydroxyl groups excluding tert-OH is 1. The lowest BCUT2D eigenvalue weighted by atomic mass is 10.2. The number of carbonyl (C=O) groups excluding carboxylic acids is 1. The number of nitrogens with zero attached hydrogens (tertiary/aromatic N) is 1. The SMILES string of the molecule is C=C(C)CN(C)C(=O)CCCCO. The van der Waals surface area contributed by atoms with E-state index in [1.807, 2.05) is 6.92 Å². The maximum atomic E-state index is 11.4. The molecule has 0 fully saturated rings. The smallest absolute Gasteiger partial charge is 0.222 e. The first-order chi connectivity index (χ1) is 6.07. The molecule has 1 N–H and O–H groups in total. The van der Waals surface area contributed by atoms with E-state index < -0.39 is 0 Å². The van der Waals surface area contributed by atoms with Crippen LogP contribution in [0.1, 0.15) is 26.2 Å². The van der Waals surface area contributed by atoms with Gasteiger partial charge in [0.05, 0.1) is 0 Å². The molecule has 0 heterocycles. The minimum Gasteiger partial charge on any atom is -0.396 e. The lowest BCUT2D eigenvalue weighted by Crippen LogP contribution is -2.27. The van der Waals surface area contributed by atoms with Crippen molar-refractivity contribution in [1.82, 2.24) is 4.90 Å². The van der Waals surface area contributed by atoms with E-state index in [1.54, 1.807) is 11.9 Å². The van der Waals surface area contributed by atoms with Crippen molar-refractivity contribution in [2.45, 2.75) is 26.2 Å². The quantitative estimate of drug-likeness (QED) is 0.498. The number of unbranched alkanes of at least 4 members (excludes halogenated alkanes) is 1. The molecule has 1 amide bonds. The van der Waals surface area contributed by atoms with Crippen molar-refractivity contribution in [1.29, 1.82) is 0 Å². The van der Waals surface area contributed by atoms with Crippen LogP contribution in [0.2, 0.25) is 0 Å². The zero-order chi connectivity index (χ0) is 10.3. The third-order valence-electron chi connectivity index (χ3n) is 1.73. The van der Waals surface area contributed by atoms with E-state index in [-0.39, 0.29) is 12.5 Å². The molecular weight excluding hydrogens is 166 g/mol. The topological polar surface area (TPSA) is 40.5 Å². The van der Waals surface area contributed by atoms with Gasteiger partial charge in [-0.25, -0.2) is 0 Å². The highest BCUT2D eigenvalue weighted by molar-refractivity contribution is 5.76. The van der Waals surface area contributed by atoms with E-state index in [0.717, 1.165) is 12.0 Å². The number of aliphatic hydroxyl groups is 1. The van der Waals surface area contributed by atoms with Crippen molar-refractivity contribution in [3.8, 4) is 0 Å². The molecule has 0 bridgehead atoms. The molecule has 13 heavy (non-hydrogen) atoms. The molecule has 0 radical (unpaired) electrons. The molecular formula is C10H19NO2. The Bertz CT molecular complexity index is 178. The number of carbonyl (C=O) groups is 1. The van der Waals surface area contributed by atoms with E-state index in [4.69, 9.17) is 5.11 Å². The minimum atomic E-state index is 0.122. The highest BCUT2D eigenvalue weighted by Gasteiger charge is 2.07. The van der Waals surface area contributed by atoms with Gasteiger partial charge in [-0.3, -0.25) is 4.79 Å². The molecule has 0 unspecified atom stereocenters. The Hall–Kier alpha value is -0.830. The van der Waals surface area contributed by atoms with Crippen molar-refractivity contribution in [3.63, 3.8) is 0 Å². The zero-order valence-electron chi connectivity index (χ0n) is 8.55. The summed E-state index contributed by atoms with van der Waals surface area (Å²) >= 11 is 0. The second kappa shape index (κ2) is 6.66. The van der Waals surface area contributed by atoms with Gasteiger partial charge in [-0.15, -0.1) is 0 Å². The fraction of sp³-hybridized carbons (Fsp3) is 0.700. The van der Waals surface area contributed by atoms with E-state index in [9.17, 15) is 4.79 Å². The molecule has 0 atom stereocenters. The second-order valence-electron chi connectivity index (χ2n) is 3.39. The van der Waals surface area contributed by atoms with E-state index in [2.05, 4.69) is 6.58 Å². The summed E-state index contributed by atoms with van der Waals surface area (Å²) in [6.07, 6.45) is 1.98. The number of rotatable bonds is 6. The Morgan fingerprint density at radius 3 is 2.54 bits per heavy atom. The van der Waals surface area contributed by atoms with Gasteiger partial charge in [0.2, 0.25) is 5.91 Å². The lowest BCUT2D eigenvalue weighted by Gasteiger charge is -2.16. The third kappa shape index (κ3) is 6.34. The molecule has 0 aromatic carbocycles. The fourth-order valence-electron chi connectivity index (χ4n) is 1.07. The Balaban J connectivity index is 3.63. The maximum Gasteiger partial charge on any atom is 0.222 e. The van der Waals surface area contributed by atoms with Crippen LogP contribution in [-0.4, -0.2) is 36.1 Å². The van der Waals surface area contributed by atoms with Crippen LogP contribution in [0.25, 0.3) is 0 Å². The first kappa shape index (κ1) is 12.2. The first-order valence-electron chi connectivity index (χ1n) is 4.57. The molecule has 0 aromatic rings. The number of hydrogen-bond donors (Lipinski definition) is 1. The van der Waals surface area contributed by atoms with E-state index in [1.165, 1.54) is 0 Å². The summed E-state index contributed by atoms with van der Waals surface area (Å²) < 4.78 is 0. The molecule has 0 rings (SSSR count). The fourth-order valence-corrected chi connectivity index (χ4v) is 1.07. The van der Waals surface area contributed by atoms with E-state index in [0.29, 0.717) is 19.4 Å². The van der Waals surface area contributed by atoms with Crippen LogP contribution in [0.3, 0.4) is 0 Å². The number of hydrogen-bond acceptors (Lipinski definition) is 2. The summed E-state index contributed by atoms with van der Waals surface area (Å²) in [6, 6.07) is 0. The summed E-state index contributed by atoms with van der Waals surface area (Å²) in [4.78, 5) is 13.0. The van der Waals surface area contributed by atoms with Gasteiger partial charge < -0.3 is 10.0 Å². The predicted molar refractivity (Wildman–Crippen MR) is 53.4 cm³/mol. The Labute approximate surface area is 80.0 Å². The summed E-state index contributed by atoms with van der Waals surface area (Å²) in [7, 11) is 1.77. The molecule has 0 saturated heterocycles. The molecule has 0 aromatic heterocycles. The molecule has 3 nitrogen and oxygen atoms in total. The molecule has 0 aliphatic carbocycles. The summed E-state index contributed by atoms with van der Waals surface area (Å²) in [5.41, 5.74) is 0.984. The van der Waals surface area contributed by atoms with Crippen molar-refractivity contribution < 1.29 is 9.90 Å². The van der Waals surface area contributed by atoms with Crippen molar-refractivity contribution in [2.24, 2.45) is 0 Å². The molecule has 0 aliphatic heterocycles. The molecule has 0 spiro atoms. The van der Waals surface area contributed by atoms with Gasteiger partial charge in [0, 0.05) is 26.6 Å². The van der Waals surface area contributed by atoms with Gasteiger partial charge in [0.25, 0.3) is 0 Å². The van der Waals surface area contributed by atoms with Crippen LogP contribution in [0.4, 0.5) is 0 Å². The Kier molecular flexibility index (Phi) is 6.24. The Morgan fingerprint density at radius 2 is 2.08 bits per heavy atom. The molecule has 0 aliphatic rings. The standard InChI is InChI=1S/C10H19NO2/c1-9(2)8-11(3)10(13)6-4-5-7-12/h12H,1,4-8H2,2-3H3. The first-order valence-corrected chi connectivity index (χ1v) is 4.57. The van der Waals surface area contributed by atoms with Crippen molar-refractivity contribution >= 4 is 5.91 Å². The summed E-state index contributed by atoms with van der Waals surface area (Å²) in [6.45, 7) is 6.43. The molecule has 3 heteroatoms. The second-order valence-corrected chi connectivity index (χ2v) is 3.39. The van der Waals surface area contributed by atoms with Crippen LogP contribution in [0.5, 0.6) is 0 Å². The third-order valence-corrected chi connectivity index (χ3v) is 1.73. The maximum absolute atomic E-state index is 11.4. The number of amides is 1. The van der Waals surface area contributed by atoms with E-state index >= 15 is 0 Å². The molecule has 76 valence electrons. The van der Waals surface area contributed by atoms with Crippen molar-refractivity contribution in [3.05, 3.63) is 12.2 Å². The summed E-state index contributed by atoms with van der Waals surface area (Å²) in [5, 5.41) is 8.52. The normalized spacial score (nSPS) is 9.77. The van der Waals surface area contributed by atoms with Gasteiger partial charge in [0.15, 0.2) is 0 Å². The van der Waals surface area contributed by atoms with Crippen molar-refractivity contribution in [2.75, 3.05) is 20.2 Å². The van der Waals surface area contributed by atoms with Gasteiger partial charge in [-0.05, 0) is 19.8 Å². The monoisotopic (exact) mass is 185 g/mol. The minimum absolute atomic E-state index is 0.122. The van der Waals surface area contributed by atoms with Gasteiger partial charge in [0.1, 0.15) is 0 Å². The Morgan fingerprint density at radius 1 is 1.46 bits per heavy atom. The average Bonchev–Trinajstić information content (AvgIpc) is 2.03. The molecule has 0 saturated carbocycles. The lowest BCUT2D eigenvalue weighted by molar-refractivity contribution is -0.129. The highest BCUT2D eigenvalue weighted by Crippen LogP contribution is 2.00. The van der Waals surface area contributed by atoms with Gasteiger partial charge in [-0.2, -0.15) is 0 Å². The summed E-state index contributed by atoms with van der Waals surface area (Å²) in [5.74, 6) is 0.122. The van der Waals surface area contributed by atoms with Gasteiger partial charge >= 0.3 is 0 Å². The van der Waals surface area contributed by atoms with Crippen LogP contribution < -0.4 is 0 Å². The number of likely N-dealkylation sites (N-methyl/N-ethyl adjacent to an activating group) is 1. The highest BCUT2D eigenvalue weighted by atomic mass is 16.2. The largest absolute Gasteiger partial charge is 0.396 e. The zero-order valence-corrected chi connectivity index (χ0v) is 8.55. The van der Waals surface area contributed by atoms with Crippen LogP contribution >= 0.6 is 0 Å². The average molecular weight is 185 g/mol. The van der Waals surface area contributed by atoms with Crippen LogP contribution in [0.15, 0.2) is 12.2 Å². The van der Waals surface area contributed by atoms with Crippen LogP contribution in [-0.2, 0) is 4.79 Å². The predicted octanol–water partition coefficient (Wildman–Crippen LogP) is 1.18.